The van der Waals surface area contributed by atoms with Gasteiger partial charge in [-0.15, -0.1) is 0 Å². The third-order valence-electron chi connectivity index (χ3n) is 2.83. The highest BCUT2D eigenvalue weighted by Crippen LogP contribution is 2.17. The fraction of sp³-hybridized carbons (Fsp3) is 0.714. The Kier molecular flexibility index (Phi) is 7.81. The number of anilines is 1. The summed E-state index contributed by atoms with van der Waals surface area (Å²) in [6.07, 6.45) is 9.39. The summed E-state index contributed by atoms with van der Waals surface area (Å²) in [6, 6.07) is 1.80. The molecule has 0 aliphatic carbocycles. The molecule has 0 unspecified atom stereocenters. The monoisotopic (exact) mass is 267 g/mol. The van der Waals surface area contributed by atoms with Crippen molar-refractivity contribution in [3.63, 3.8) is 0 Å². The second kappa shape index (κ2) is 9.20. The molecule has 4 heteroatoms. The van der Waals surface area contributed by atoms with E-state index in [4.69, 9.17) is 5.73 Å². The first-order valence-electron chi connectivity index (χ1n) is 6.96. The molecule has 0 spiro atoms. The smallest absolute Gasteiger partial charge is 0.189 e. The number of hydrogen-bond acceptors (Lipinski definition) is 4. The van der Waals surface area contributed by atoms with E-state index < -0.39 is 0 Å². The van der Waals surface area contributed by atoms with Crippen molar-refractivity contribution in [3.8, 4) is 0 Å². The molecule has 0 atom stereocenters. The van der Waals surface area contributed by atoms with Gasteiger partial charge in [-0.3, -0.25) is 0 Å². The quantitative estimate of drug-likeness (QED) is 0.414. The molecule has 0 saturated carbocycles. The van der Waals surface area contributed by atoms with Gasteiger partial charge in [-0.2, -0.15) is 0 Å². The fourth-order valence-electron chi connectivity index (χ4n) is 1.85. The van der Waals surface area contributed by atoms with Gasteiger partial charge in [-0.1, -0.05) is 57.2 Å². The summed E-state index contributed by atoms with van der Waals surface area (Å²) in [5.74, 6) is 1.67. The summed E-state index contributed by atoms with van der Waals surface area (Å²) >= 11 is 1.71. The highest BCUT2D eigenvalue weighted by atomic mass is 32.2. The number of nitrogen functional groups attached to an aromatic ring is 1. The third kappa shape index (κ3) is 6.84. The van der Waals surface area contributed by atoms with Crippen LogP contribution in [0.4, 0.5) is 5.82 Å². The molecule has 0 aliphatic rings. The van der Waals surface area contributed by atoms with E-state index in [1.54, 1.807) is 17.8 Å². The Labute approximate surface area is 115 Å². The molecule has 1 heterocycles. The summed E-state index contributed by atoms with van der Waals surface area (Å²) in [7, 11) is 0. The number of unbranched alkanes of at least 4 members (excludes halogenated alkanes) is 6. The topological polar surface area (TPSA) is 51.8 Å². The maximum absolute atomic E-state index is 5.69. The SMILES string of the molecule is CCCCCCCCCSc1nc(C)cc(N)n1. The standard InChI is InChI=1S/C14H25N3S/c1-3-4-5-6-7-8-9-10-18-14-16-12(2)11-13(15)17-14/h11H,3-10H2,1-2H3,(H2,15,16,17). The van der Waals surface area contributed by atoms with Gasteiger partial charge in [0.2, 0.25) is 0 Å². The molecular weight excluding hydrogens is 242 g/mol. The largest absolute Gasteiger partial charge is 0.384 e. The van der Waals surface area contributed by atoms with Gasteiger partial charge in [0.15, 0.2) is 5.16 Å². The van der Waals surface area contributed by atoms with Gasteiger partial charge in [0, 0.05) is 17.5 Å². The van der Waals surface area contributed by atoms with Crippen LogP contribution in [-0.4, -0.2) is 15.7 Å². The van der Waals surface area contributed by atoms with Crippen LogP contribution in [0.25, 0.3) is 0 Å². The second-order valence-corrected chi connectivity index (χ2v) is 5.75. The van der Waals surface area contributed by atoms with E-state index in [1.807, 2.05) is 6.92 Å². The van der Waals surface area contributed by atoms with Crippen LogP contribution in [0.3, 0.4) is 0 Å². The van der Waals surface area contributed by atoms with E-state index in [2.05, 4.69) is 16.9 Å². The van der Waals surface area contributed by atoms with Crippen molar-refractivity contribution in [1.29, 1.82) is 0 Å². The zero-order chi connectivity index (χ0) is 13.2. The first-order chi connectivity index (χ1) is 8.72. The summed E-state index contributed by atoms with van der Waals surface area (Å²) < 4.78 is 0. The minimum Gasteiger partial charge on any atom is -0.384 e. The first kappa shape index (κ1) is 15.3. The lowest BCUT2D eigenvalue weighted by atomic mass is 10.1. The Hall–Kier alpha value is -0.770. The summed E-state index contributed by atoms with van der Waals surface area (Å²) in [6.45, 7) is 4.21. The summed E-state index contributed by atoms with van der Waals surface area (Å²) in [4.78, 5) is 8.59. The van der Waals surface area contributed by atoms with Crippen LogP contribution in [0.1, 0.15) is 57.6 Å². The number of hydrogen-bond donors (Lipinski definition) is 1. The van der Waals surface area contributed by atoms with Gasteiger partial charge in [-0.25, -0.2) is 9.97 Å². The average molecular weight is 267 g/mol. The maximum Gasteiger partial charge on any atom is 0.189 e. The van der Waals surface area contributed by atoms with Crippen molar-refractivity contribution in [2.45, 2.75) is 63.9 Å². The van der Waals surface area contributed by atoms with Crippen molar-refractivity contribution >= 4 is 17.6 Å². The van der Waals surface area contributed by atoms with Crippen molar-refractivity contribution in [1.82, 2.24) is 9.97 Å². The van der Waals surface area contributed by atoms with Gasteiger partial charge in [0.05, 0.1) is 0 Å². The Morgan fingerprint density at radius 2 is 1.72 bits per heavy atom. The molecule has 1 aromatic heterocycles. The van der Waals surface area contributed by atoms with E-state index in [0.29, 0.717) is 5.82 Å². The Morgan fingerprint density at radius 3 is 2.39 bits per heavy atom. The maximum atomic E-state index is 5.69. The van der Waals surface area contributed by atoms with Gasteiger partial charge in [0.25, 0.3) is 0 Å². The normalized spacial score (nSPS) is 10.8. The third-order valence-corrected chi connectivity index (χ3v) is 3.77. The molecule has 1 aromatic rings. The van der Waals surface area contributed by atoms with Gasteiger partial charge in [0.1, 0.15) is 5.82 Å². The lowest BCUT2D eigenvalue weighted by Gasteiger charge is -2.03. The molecule has 0 aromatic carbocycles. The van der Waals surface area contributed by atoms with E-state index in [9.17, 15) is 0 Å². The number of aromatic nitrogens is 2. The summed E-state index contributed by atoms with van der Waals surface area (Å²) in [5.41, 5.74) is 6.64. The molecule has 102 valence electrons. The van der Waals surface area contributed by atoms with E-state index in [-0.39, 0.29) is 0 Å². The molecule has 18 heavy (non-hydrogen) atoms. The van der Waals surface area contributed by atoms with E-state index in [1.165, 1.54) is 44.9 Å². The zero-order valence-electron chi connectivity index (χ0n) is 11.6. The number of rotatable bonds is 9. The first-order valence-corrected chi connectivity index (χ1v) is 7.95. The summed E-state index contributed by atoms with van der Waals surface area (Å²) in [5, 5.41) is 0.818. The van der Waals surface area contributed by atoms with Crippen molar-refractivity contribution in [2.75, 3.05) is 11.5 Å². The van der Waals surface area contributed by atoms with Crippen LogP contribution in [0, 0.1) is 6.92 Å². The Morgan fingerprint density at radius 1 is 1.06 bits per heavy atom. The Balaban J connectivity index is 2.07. The number of aryl methyl sites for hydroxylation is 1. The van der Waals surface area contributed by atoms with Gasteiger partial charge in [-0.05, 0) is 13.3 Å². The predicted octanol–water partition coefficient (Wildman–Crippen LogP) is 4.21. The average Bonchev–Trinajstić information content (AvgIpc) is 2.31. The molecule has 0 radical (unpaired) electrons. The van der Waals surface area contributed by atoms with Crippen LogP contribution in [0.2, 0.25) is 0 Å². The predicted molar refractivity (Wildman–Crippen MR) is 79.9 cm³/mol. The van der Waals surface area contributed by atoms with Gasteiger partial charge >= 0.3 is 0 Å². The van der Waals surface area contributed by atoms with Crippen molar-refractivity contribution < 1.29 is 0 Å². The van der Waals surface area contributed by atoms with Crippen molar-refractivity contribution in [2.24, 2.45) is 0 Å². The van der Waals surface area contributed by atoms with Crippen LogP contribution in [0.5, 0.6) is 0 Å². The van der Waals surface area contributed by atoms with Crippen molar-refractivity contribution in [3.05, 3.63) is 11.8 Å². The van der Waals surface area contributed by atoms with Crippen LogP contribution in [0.15, 0.2) is 11.2 Å². The van der Waals surface area contributed by atoms with Gasteiger partial charge < -0.3 is 5.73 Å². The highest BCUT2D eigenvalue weighted by Gasteiger charge is 2.00. The minimum atomic E-state index is 0.574. The molecule has 0 bridgehead atoms. The molecule has 0 amide bonds. The van der Waals surface area contributed by atoms with Crippen LogP contribution >= 0.6 is 11.8 Å². The van der Waals surface area contributed by atoms with Crippen LogP contribution in [-0.2, 0) is 0 Å². The van der Waals surface area contributed by atoms with E-state index >= 15 is 0 Å². The zero-order valence-corrected chi connectivity index (χ0v) is 12.4. The molecule has 1 rings (SSSR count). The molecule has 3 nitrogen and oxygen atoms in total. The number of nitrogens with zero attached hydrogens (tertiary/aromatic N) is 2. The molecule has 0 fully saturated rings. The minimum absolute atomic E-state index is 0.574. The molecular formula is C14H25N3S. The lowest BCUT2D eigenvalue weighted by molar-refractivity contribution is 0.603. The number of nitrogens with two attached hydrogens (primary N) is 1. The fourth-order valence-corrected chi connectivity index (χ4v) is 2.76. The van der Waals surface area contributed by atoms with Crippen LogP contribution < -0.4 is 5.73 Å². The molecule has 0 saturated heterocycles. The Bertz CT molecular complexity index is 322. The molecule has 2 N–H and O–H groups in total. The highest BCUT2D eigenvalue weighted by molar-refractivity contribution is 7.99. The lowest BCUT2D eigenvalue weighted by Crippen LogP contribution is -1.97. The second-order valence-electron chi connectivity index (χ2n) is 4.69. The molecule has 0 aliphatic heterocycles. The van der Waals surface area contributed by atoms with E-state index in [0.717, 1.165) is 16.6 Å². The number of thioether (sulfide) groups is 1.